The fourth-order valence-electron chi connectivity index (χ4n) is 2.85. The van der Waals surface area contributed by atoms with Crippen molar-refractivity contribution in [2.45, 2.75) is 32.2 Å². The highest BCUT2D eigenvalue weighted by atomic mass is 35.5. The molecule has 2 amide bonds. The van der Waals surface area contributed by atoms with E-state index >= 15 is 0 Å². The average Bonchev–Trinajstić information content (AvgIpc) is 2.70. The van der Waals surface area contributed by atoms with Crippen LogP contribution in [0.2, 0.25) is 5.02 Å². The number of carbonyl (C=O) groups excluding carboxylic acids is 4. The standard InChI is InChI=1S/C19H23ClN2O6/c1-2-27-19(26)15-5-3-4-10-22(15)16(23)12-28-17(24)11-21-18(25)13-6-8-14(20)9-7-13/h6-9,15H,2-5,10-12H2,1H3,(H,21,25)/t15-/m0/s1. The third-order valence-corrected chi connectivity index (χ3v) is 4.49. The summed E-state index contributed by atoms with van der Waals surface area (Å²) in [5, 5.41) is 2.90. The lowest BCUT2D eigenvalue weighted by Gasteiger charge is -2.33. The van der Waals surface area contributed by atoms with Gasteiger partial charge in [0.1, 0.15) is 12.6 Å². The van der Waals surface area contributed by atoms with Crippen LogP contribution in [-0.2, 0) is 23.9 Å². The molecule has 0 aliphatic carbocycles. The molecule has 0 unspecified atom stereocenters. The summed E-state index contributed by atoms with van der Waals surface area (Å²) >= 11 is 5.76. The van der Waals surface area contributed by atoms with Gasteiger partial charge in [0.2, 0.25) is 0 Å². The summed E-state index contributed by atoms with van der Waals surface area (Å²) in [5.41, 5.74) is 0.346. The summed E-state index contributed by atoms with van der Waals surface area (Å²) in [7, 11) is 0. The third-order valence-electron chi connectivity index (χ3n) is 4.24. The van der Waals surface area contributed by atoms with E-state index in [1.807, 2.05) is 0 Å². The van der Waals surface area contributed by atoms with Crippen LogP contribution in [0.4, 0.5) is 0 Å². The van der Waals surface area contributed by atoms with Crippen LogP contribution in [0.1, 0.15) is 36.5 Å². The first-order valence-corrected chi connectivity index (χ1v) is 9.45. The first-order chi connectivity index (χ1) is 13.4. The van der Waals surface area contributed by atoms with Crippen LogP contribution < -0.4 is 5.32 Å². The Balaban J connectivity index is 1.79. The largest absolute Gasteiger partial charge is 0.464 e. The molecule has 1 fully saturated rings. The van der Waals surface area contributed by atoms with Gasteiger partial charge < -0.3 is 19.7 Å². The molecule has 1 N–H and O–H groups in total. The van der Waals surface area contributed by atoms with Crippen molar-refractivity contribution in [3.8, 4) is 0 Å². The van der Waals surface area contributed by atoms with E-state index in [0.717, 1.165) is 12.8 Å². The van der Waals surface area contributed by atoms with Crippen LogP contribution in [0.15, 0.2) is 24.3 Å². The molecule has 1 aliphatic rings. The zero-order chi connectivity index (χ0) is 20.5. The molecule has 8 nitrogen and oxygen atoms in total. The topological polar surface area (TPSA) is 102 Å². The Morgan fingerprint density at radius 3 is 2.54 bits per heavy atom. The van der Waals surface area contributed by atoms with E-state index in [-0.39, 0.29) is 13.2 Å². The Labute approximate surface area is 168 Å². The van der Waals surface area contributed by atoms with Gasteiger partial charge in [-0.2, -0.15) is 0 Å². The highest BCUT2D eigenvalue weighted by molar-refractivity contribution is 6.30. The van der Waals surface area contributed by atoms with Crippen LogP contribution in [0, 0.1) is 0 Å². The lowest BCUT2D eigenvalue weighted by atomic mass is 10.0. The number of carbonyl (C=O) groups is 4. The van der Waals surface area contributed by atoms with Crippen molar-refractivity contribution in [3.05, 3.63) is 34.9 Å². The summed E-state index contributed by atoms with van der Waals surface area (Å²) in [6.45, 7) is 1.47. The molecular formula is C19H23ClN2O6. The lowest BCUT2D eigenvalue weighted by molar-refractivity contribution is -0.160. The number of rotatable bonds is 7. The number of amides is 2. The second-order valence-corrected chi connectivity index (χ2v) is 6.64. The molecular weight excluding hydrogens is 388 g/mol. The number of hydrogen-bond donors (Lipinski definition) is 1. The predicted octanol–water partition coefficient (Wildman–Crippen LogP) is 1.56. The minimum absolute atomic E-state index is 0.236. The van der Waals surface area contributed by atoms with Gasteiger partial charge in [-0.3, -0.25) is 14.4 Å². The van der Waals surface area contributed by atoms with Crippen LogP contribution in [0.25, 0.3) is 0 Å². The number of hydrogen-bond acceptors (Lipinski definition) is 6. The average molecular weight is 411 g/mol. The number of benzene rings is 1. The molecule has 152 valence electrons. The van der Waals surface area contributed by atoms with E-state index in [4.69, 9.17) is 21.1 Å². The minimum Gasteiger partial charge on any atom is -0.464 e. The minimum atomic E-state index is -0.750. The van der Waals surface area contributed by atoms with Crippen molar-refractivity contribution in [2.75, 3.05) is 26.3 Å². The van der Waals surface area contributed by atoms with E-state index in [1.54, 1.807) is 19.1 Å². The van der Waals surface area contributed by atoms with E-state index in [9.17, 15) is 19.2 Å². The first kappa shape index (κ1) is 21.7. The molecule has 0 aromatic heterocycles. The van der Waals surface area contributed by atoms with Crippen molar-refractivity contribution in [2.24, 2.45) is 0 Å². The predicted molar refractivity (Wildman–Crippen MR) is 101 cm³/mol. The zero-order valence-electron chi connectivity index (χ0n) is 15.6. The number of likely N-dealkylation sites (tertiary alicyclic amines) is 1. The highest BCUT2D eigenvalue weighted by Crippen LogP contribution is 2.18. The van der Waals surface area contributed by atoms with E-state index in [0.29, 0.717) is 23.6 Å². The van der Waals surface area contributed by atoms with Crippen molar-refractivity contribution in [3.63, 3.8) is 0 Å². The van der Waals surface area contributed by atoms with Gasteiger partial charge in [0.05, 0.1) is 6.61 Å². The van der Waals surface area contributed by atoms with Crippen molar-refractivity contribution < 1.29 is 28.7 Å². The lowest BCUT2D eigenvalue weighted by Crippen LogP contribution is -2.50. The third kappa shape index (κ3) is 6.23. The monoisotopic (exact) mass is 410 g/mol. The second kappa shape index (κ2) is 10.7. The molecule has 0 bridgehead atoms. The van der Waals surface area contributed by atoms with Gasteiger partial charge in [0, 0.05) is 17.1 Å². The van der Waals surface area contributed by atoms with E-state index in [1.165, 1.54) is 17.0 Å². The molecule has 0 spiro atoms. The maximum Gasteiger partial charge on any atom is 0.328 e. The number of esters is 2. The van der Waals surface area contributed by atoms with Gasteiger partial charge in [-0.25, -0.2) is 4.79 Å². The molecule has 28 heavy (non-hydrogen) atoms. The number of piperidine rings is 1. The molecule has 0 radical (unpaired) electrons. The normalized spacial score (nSPS) is 16.2. The summed E-state index contributed by atoms with van der Waals surface area (Å²) < 4.78 is 9.94. The van der Waals surface area contributed by atoms with Gasteiger partial charge in [0.25, 0.3) is 11.8 Å². The van der Waals surface area contributed by atoms with Crippen LogP contribution in [0.5, 0.6) is 0 Å². The van der Waals surface area contributed by atoms with Gasteiger partial charge in [0.15, 0.2) is 6.61 Å². The molecule has 1 saturated heterocycles. The quantitative estimate of drug-likeness (QED) is 0.684. The molecule has 1 aliphatic heterocycles. The molecule has 1 heterocycles. The maximum absolute atomic E-state index is 12.4. The van der Waals surface area contributed by atoms with E-state index < -0.39 is 36.4 Å². The van der Waals surface area contributed by atoms with Crippen LogP contribution in [-0.4, -0.2) is 61.0 Å². The first-order valence-electron chi connectivity index (χ1n) is 9.08. The second-order valence-electron chi connectivity index (χ2n) is 6.20. The van der Waals surface area contributed by atoms with E-state index in [2.05, 4.69) is 5.32 Å². The van der Waals surface area contributed by atoms with Gasteiger partial charge >= 0.3 is 11.9 Å². The van der Waals surface area contributed by atoms with Crippen molar-refractivity contribution in [1.29, 1.82) is 0 Å². The van der Waals surface area contributed by atoms with Gasteiger partial charge in [-0.15, -0.1) is 0 Å². The highest BCUT2D eigenvalue weighted by Gasteiger charge is 2.33. The fourth-order valence-corrected chi connectivity index (χ4v) is 2.97. The maximum atomic E-state index is 12.4. The smallest absolute Gasteiger partial charge is 0.328 e. The molecule has 1 aromatic carbocycles. The SMILES string of the molecule is CCOC(=O)[C@@H]1CCCCN1C(=O)COC(=O)CNC(=O)c1ccc(Cl)cc1. The summed E-state index contributed by atoms with van der Waals surface area (Å²) in [6, 6.07) is 5.53. The summed E-state index contributed by atoms with van der Waals surface area (Å²) in [6.07, 6.45) is 2.12. The Hall–Kier alpha value is -2.61. The zero-order valence-corrected chi connectivity index (χ0v) is 16.4. The van der Waals surface area contributed by atoms with Crippen LogP contribution in [0.3, 0.4) is 0 Å². The van der Waals surface area contributed by atoms with Crippen molar-refractivity contribution in [1.82, 2.24) is 10.2 Å². The van der Waals surface area contributed by atoms with Gasteiger partial charge in [-0.1, -0.05) is 11.6 Å². The molecule has 1 atom stereocenters. The molecule has 1 aromatic rings. The number of halogens is 1. The molecule has 0 saturated carbocycles. The van der Waals surface area contributed by atoms with Crippen LogP contribution >= 0.6 is 11.6 Å². The van der Waals surface area contributed by atoms with Crippen molar-refractivity contribution >= 4 is 35.4 Å². The summed E-state index contributed by atoms with van der Waals surface area (Å²) in [4.78, 5) is 49.5. The Bertz CT molecular complexity index is 722. The van der Waals surface area contributed by atoms with Gasteiger partial charge in [-0.05, 0) is 50.5 Å². The number of ether oxygens (including phenoxy) is 2. The molecule has 9 heteroatoms. The molecule has 2 rings (SSSR count). The Kier molecular flexibility index (Phi) is 8.25. The number of nitrogens with zero attached hydrogens (tertiary/aromatic N) is 1. The summed E-state index contributed by atoms with van der Waals surface area (Å²) in [5.74, 6) is -2.12. The number of nitrogens with one attached hydrogen (secondary N) is 1. The Morgan fingerprint density at radius 1 is 1.14 bits per heavy atom. The fraction of sp³-hybridized carbons (Fsp3) is 0.474. The Morgan fingerprint density at radius 2 is 1.86 bits per heavy atom.